The van der Waals surface area contributed by atoms with E-state index in [-0.39, 0.29) is 0 Å². The van der Waals surface area contributed by atoms with E-state index in [4.69, 9.17) is 11.6 Å². The molecule has 2 heteroatoms. The second-order valence-electron chi connectivity index (χ2n) is 5.10. The SMILES string of the molecule is CCNC(CC1CCC1)c1cccc(Cl)c1C. The van der Waals surface area contributed by atoms with Crippen LogP contribution in [0.1, 0.15) is 49.8 Å². The molecule has 1 saturated carbocycles. The Bertz CT molecular complexity index is 371. The van der Waals surface area contributed by atoms with E-state index >= 15 is 0 Å². The first-order valence-corrected chi connectivity index (χ1v) is 7.08. The van der Waals surface area contributed by atoms with E-state index in [1.807, 2.05) is 6.07 Å². The van der Waals surface area contributed by atoms with Gasteiger partial charge in [-0.05, 0) is 43.0 Å². The van der Waals surface area contributed by atoms with Crippen molar-refractivity contribution in [3.05, 3.63) is 34.3 Å². The fourth-order valence-corrected chi connectivity index (χ4v) is 2.81. The maximum atomic E-state index is 6.21. The molecule has 1 aromatic rings. The molecule has 1 unspecified atom stereocenters. The lowest BCUT2D eigenvalue weighted by Gasteiger charge is -2.31. The Balaban J connectivity index is 2.15. The standard InChI is InChI=1S/C15H22ClN/c1-3-17-15(10-12-6-4-7-12)13-8-5-9-14(16)11(13)2/h5,8-9,12,15,17H,3-4,6-7,10H2,1-2H3. The van der Waals surface area contributed by atoms with Crippen molar-refractivity contribution in [2.24, 2.45) is 5.92 Å². The highest BCUT2D eigenvalue weighted by molar-refractivity contribution is 6.31. The number of rotatable bonds is 5. The van der Waals surface area contributed by atoms with Crippen LogP contribution in [0.2, 0.25) is 5.02 Å². The second-order valence-corrected chi connectivity index (χ2v) is 5.50. The molecule has 1 aliphatic carbocycles. The Labute approximate surface area is 110 Å². The van der Waals surface area contributed by atoms with Gasteiger partial charge < -0.3 is 5.32 Å². The van der Waals surface area contributed by atoms with Gasteiger partial charge in [-0.3, -0.25) is 0 Å². The molecule has 1 fully saturated rings. The highest BCUT2D eigenvalue weighted by Gasteiger charge is 2.23. The molecule has 1 aromatic carbocycles. The Kier molecular flexibility index (Phi) is 4.47. The molecule has 2 rings (SSSR count). The number of hydrogen-bond acceptors (Lipinski definition) is 1. The summed E-state index contributed by atoms with van der Waals surface area (Å²) in [6.07, 6.45) is 5.48. The molecular weight excluding hydrogens is 230 g/mol. The van der Waals surface area contributed by atoms with Crippen molar-refractivity contribution >= 4 is 11.6 Å². The van der Waals surface area contributed by atoms with Gasteiger partial charge in [0.1, 0.15) is 0 Å². The van der Waals surface area contributed by atoms with Gasteiger partial charge in [0.15, 0.2) is 0 Å². The van der Waals surface area contributed by atoms with Crippen LogP contribution in [-0.2, 0) is 0 Å². The Morgan fingerprint density at radius 3 is 2.76 bits per heavy atom. The minimum absolute atomic E-state index is 0.476. The van der Waals surface area contributed by atoms with Gasteiger partial charge in [0.05, 0.1) is 0 Å². The summed E-state index contributed by atoms with van der Waals surface area (Å²) >= 11 is 6.21. The molecule has 94 valence electrons. The fourth-order valence-electron chi connectivity index (χ4n) is 2.63. The summed E-state index contributed by atoms with van der Waals surface area (Å²) in [6.45, 7) is 5.32. The summed E-state index contributed by atoms with van der Waals surface area (Å²) in [5, 5.41) is 4.50. The van der Waals surface area contributed by atoms with Crippen molar-refractivity contribution < 1.29 is 0 Å². The zero-order chi connectivity index (χ0) is 12.3. The first-order valence-electron chi connectivity index (χ1n) is 6.70. The largest absolute Gasteiger partial charge is 0.310 e. The number of halogens is 1. The highest BCUT2D eigenvalue weighted by Crippen LogP contribution is 2.36. The van der Waals surface area contributed by atoms with Gasteiger partial charge >= 0.3 is 0 Å². The van der Waals surface area contributed by atoms with E-state index < -0.39 is 0 Å². The van der Waals surface area contributed by atoms with Crippen molar-refractivity contribution in [1.82, 2.24) is 5.32 Å². The van der Waals surface area contributed by atoms with Crippen LogP contribution in [0.5, 0.6) is 0 Å². The van der Waals surface area contributed by atoms with E-state index in [9.17, 15) is 0 Å². The average molecular weight is 252 g/mol. The normalized spacial score (nSPS) is 17.8. The molecule has 1 aliphatic rings. The van der Waals surface area contributed by atoms with E-state index in [2.05, 4.69) is 31.3 Å². The number of nitrogens with one attached hydrogen (secondary N) is 1. The zero-order valence-electron chi connectivity index (χ0n) is 10.8. The van der Waals surface area contributed by atoms with E-state index in [0.717, 1.165) is 17.5 Å². The lowest BCUT2D eigenvalue weighted by Crippen LogP contribution is -2.26. The summed E-state index contributed by atoms with van der Waals surface area (Å²) in [6, 6.07) is 6.74. The first kappa shape index (κ1) is 12.9. The minimum atomic E-state index is 0.476. The first-order chi connectivity index (χ1) is 8.22. The van der Waals surface area contributed by atoms with Gasteiger partial charge in [-0.1, -0.05) is 49.9 Å². The maximum absolute atomic E-state index is 6.21. The zero-order valence-corrected chi connectivity index (χ0v) is 11.6. The summed E-state index contributed by atoms with van der Waals surface area (Å²) in [4.78, 5) is 0. The second kappa shape index (κ2) is 5.88. The quantitative estimate of drug-likeness (QED) is 0.813. The van der Waals surface area contributed by atoms with Crippen molar-refractivity contribution in [3.63, 3.8) is 0 Å². The van der Waals surface area contributed by atoms with Crippen molar-refractivity contribution in [2.45, 2.75) is 45.6 Å². The van der Waals surface area contributed by atoms with E-state index in [1.165, 1.54) is 36.8 Å². The number of benzene rings is 1. The molecule has 1 N–H and O–H groups in total. The summed E-state index contributed by atoms with van der Waals surface area (Å²) in [5.74, 6) is 0.914. The van der Waals surface area contributed by atoms with Gasteiger partial charge in [-0.2, -0.15) is 0 Å². The Morgan fingerprint density at radius 2 is 2.18 bits per heavy atom. The molecule has 17 heavy (non-hydrogen) atoms. The van der Waals surface area contributed by atoms with Gasteiger partial charge in [0.2, 0.25) is 0 Å². The van der Waals surface area contributed by atoms with E-state index in [0.29, 0.717) is 6.04 Å². The molecule has 1 nitrogen and oxygen atoms in total. The summed E-state index contributed by atoms with van der Waals surface area (Å²) < 4.78 is 0. The molecule has 0 heterocycles. The van der Waals surface area contributed by atoms with Crippen LogP contribution in [0.4, 0.5) is 0 Å². The molecule has 0 radical (unpaired) electrons. The Hall–Kier alpha value is -0.530. The third kappa shape index (κ3) is 3.02. The topological polar surface area (TPSA) is 12.0 Å². The lowest BCUT2D eigenvalue weighted by molar-refractivity contribution is 0.262. The maximum Gasteiger partial charge on any atom is 0.0438 e. The summed E-state index contributed by atoms with van der Waals surface area (Å²) in [7, 11) is 0. The molecule has 0 saturated heterocycles. The van der Waals surface area contributed by atoms with Crippen LogP contribution in [0.15, 0.2) is 18.2 Å². The van der Waals surface area contributed by atoms with Crippen LogP contribution < -0.4 is 5.32 Å². The number of hydrogen-bond donors (Lipinski definition) is 1. The minimum Gasteiger partial charge on any atom is -0.310 e. The van der Waals surface area contributed by atoms with Crippen LogP contribution in [0.25, 0.3) is 0 Å². The predicted octanol–water partition coefficient (Wildman–Crippen LogP) is 4.49. The molecule has 0 amide bonds. The average Bonchev–Trinajstić information content (AvgIpc) is 2.26. The van der Waals surface area contributed by atoms with Crippen molar-refractivity contribution in [1.29, 1.82) is 0 Å². The van der Waals surface area contributed by atoms with Gasteiger partial charge in [0.25, 0.3) is 0 Å². The van der Waals surface area contributed by atoms with E-state index in [1.54, 1.807) is 0 Å². The summed E-state index contributed by atoms with van der Waals surface area (Å²) in [5.41, 5.74) is 2.62. The molecular formula is C15H22ClN. The Morgan fingerprint density at radius 1 is 1.41 bits per heavy atom. The van der Waals surface area contributed by atoms with Crippen LogP contribution in [-0.4, -0.2) is 6.54 Å². The molecule has 1 atom stereocenters. The monoisotopic (exact) mass is 251 g/mol. The fraction of sp³-hybridized carbons (Fsp3) is 0.600. The highest BCUT2D eigenvalue weighted by atomic mass is 35.5. The third-order valence-electron chi connectivity index (χ3n) is 3.93. The van der Waals surface area contributed by atoms with Crippen LogP contribution >= 0.6 is 11.6 Å². The molecule has 0 aromatic heterocycles. The molecule has 0 aliphatic heterocycles. The van der Waals surface area contributed by atoms with Crippen molar-refractivity contribution in [3.8, 4) is 0 Å². The van der Waals surface area contributed by atoms with Crippen molar-refractivity contribution in [2.75, 3.05) is 6.54 Å². The molecule has 0 spiro atoms. The smallest absolute Gasteiger partial charge is 0.0438 e. The van der Waals surface area contributed by atoms with Gasteiger partial charge in [-0.25, -0.2) is 0 Å². The molecule has 0 bridgehead atoms. The van der Waals surface area contributed by atoms with Gasteiger partial charge in [0, 0.05) is 11.1 Å². The predicted molar refractivity (Wildman–Crippen MR) is 74.6 cm³/mol. The third-order valence-corrected chi connectivity index (χ3v) is 4.34. The van der Waals surface area contributed by atoms with Crippen LogP contribution in [0, 0.1) is 12.8 Å². The van der Waals surface area contributed by atoms with Crippen LogP contribution in [0.3, 0.4) is 0 Å². The van der Waals surface area contributed by atoms with Gasteiger partial charge in [-0.15, -0.1) is 0 Å². The lowest BCUT2D eigenvalue weighted by atomic mass is 9.79.